The van der Waals surface area contributed by atoms with Gasteiger partial charge in [0.15, 0.2) is 5.69 Å². The molecule has 1 aliphatic heterocycles. The molecule has 0 radical (unpaired) electrons. The highest BCUT2D eigenvalue weighted by Gasteiger charge is 2.25. The summed E-state index contributed by atoms with van der Waals surface area (Å²) in [4.78, 5) is 14.3. The Labute approximate surface area is 119 Å². The van der Waals surface area contributed by atoms with E-state index in [2.05, 4.69) is 26.1 Å². The molecule has 0 spiro atoms. The van der Waals surface area contributed by atoms with Crippen LogP contribution in [0.3, 0.4) is 0 Å². The molecule has 3 rings (SSSR count). The SMILES string of the molecule is NC1CCCN(C(=O)c2n[nH]c3ccc(Br)cc23)C1. The van der Waals surface area contributed by atoms with Crippen LogP contribution < -0.4 is 5.73 Å². The Balaban J connectivity index is 1.95. The van der Waals surface area contributed by atoms with Crippen molar-refractivity contribution in [1.29, 1.82) is 0 Å². The minimum absolute atomic E-state index is 0.0421. The Bertz CT molecular complexity index is 624. The minimum atomic E-state index is -0.0421. The minimum Gasteiger partial charge on any atom is -0.336 e. The van der Waals surface area contributed by atoms with Crippen LogP contribution >= 0.6 is 15.9 Å². The highest BCUT2D eigenvalue weighted by Crippen LogP contribution is 2.23. The van der Waals surface area contributed by atoms with Crippen LogP contribution in [0.1, 0.15) is 23.3 Å². The first kappa shape index (κ1) is 12.6. The molecule has 0 bridgehead atoms. The Morgan fingerprint density at radius 3 is 3.16 bits per heavy atom. The van der Waals surface area contributed by atoms with Crippen LogP contribution in [0.4, 0.5) is 0 Å². The van der Waals surface area contributed by atoms with Gasteiger partial charge in [-0.3, -0.25) is 9.89 Å². The molecule has 1 fully saturated rings. The maximum Gasteiger partial charge on any atom is 0.275 e. The molecule has 6 heteroatoms. The van der Waals surface area contributed by atoms with Crippen molar-refractivity contribution in [3.63, 3.8) is 0 Å². The summed E-state index contributed by atoms with van der Waals surface area (Å²) in [5, 5.41) is 7.90. The lowest BCUT2D eigenvalue weighted by Crippen LogP contribution is -2.45. The van der Waals surface area contributed by atoms with Gasteiger partial charge in [0.25, 0.3) is 5.91 Å². The molecular formula is C13H15BrN4O. The van der Waals surface area contributed by atoms with Gasteiger partial charge < -0.3 is 10.6 Å². The van der Waals surface area contributed by atoms with Gasteiger partial charge in [0, 0.05) is 29.0 Å². The van der Waals surface area contributed by atoms with Crippen LogP contribution in [0, 0.1) is 0 Å². The quantitative estimate of drug-likeness (QED) is 0.841. The fourth-order valence-electron chi connectivity index (χ4n) is 2.49. The molecule has 1 unspecified atom stereocenters. The number of amides is 1. The smallest absolute Gasteiger partial charge is 0.275 e. The van der Waals surface area contributed by atoms with Gasteiger partial charge in [-0.1, -0.05) is 15.9 Å². The van der Waals surface area contributed by atoms with Crippen molar-refractivity contribution in [2.24, 2.45) is 5.73 Å². The Morgan fingerprint density at radius 2 is 2.37 bits per heavy atom. The number of hydrogen-bond acceptors (Lipinski definition) is 3. The lowest BCUT2D eigenvalue weighted by molar-refractivity contribution is 0.0705. The van der Waals surface area contributed by atoms with Crippen LogP contribution in [-0.4, -0.2) is 40.1 Å². The second-order valence-electron chi connectivity index (χ2n) is 4.92. The third-order valence-corrected chi connectivity index (χ3v) is 3.97. The number of aromatic amines is 1. The first-order valence-electron chi connectivity index (χ1n) is 6.33. The highest BCUT2D eigenvalue weighted by atomic mass is 79.9. The molecular weight excluding hydrogens is 308 g/mol. The van der Waals surface area contributed by atoms with Crippen LogP contribution in [0.25, 0.3) is 10.9 Å². The number of benzene rings is 1. The number of piperidine rings is 1. The van der Waals surface area contributed by atoms with Gasteiger partial charge in [-0.25, -0.2) is 0 Å². The number of nitrogens with one attached hydrogen (secondary N) is 1. The number of carbonyl (C=O) groups excluding carboxylic acids is 1. The zero-order chi connectivity index (χ0) is 13.4. The first-order valence-corrected chi connectivity index (χ1v) is 7.13. The van der Waals surface area contributed by atoms with E-state index in [4.69, 9.17) is 5.73 Å². The molecule has 19 heavy (non-hydrogen) atoms. The van der Waals surface area contributed by atoms with E-state index in [0.717, 1.165) is 34.8 Å². The van der Waals surface area contributed by atoms with Crippen LogP contribution in [0.15, 0.2) is 22.7 Å². The largest absolute Gasteiger partial charge is 0.336 e. The number of likely N-dealkylation sites (tertiary alicyclic amines) is 1. The predicted molar refractivity (Wildman–Crippen MR) is 76.9 cm³/mol. The summed E-state index contributed by atoms with van der Waals surface area (Å²) in [6.07, 6.45) is 1.94. The number of aromatic nitrogens is 2. The molecule has 2 heterocycles. The number of carbonyl (C=O) groups is 1. The van der Waals surface area contributed by atoms with E-state index in [1.54, 1.807) is 4.90 Å². The second-order valence-corrected chi connectivity index (χ2v) is 5.83. The van der Waals surface area contributed by atoms with E-state index in [-0.39, 0.29) is 11.9 Å². The number of hydrogen-bond donors (Lipinski definition) is 2. The lowest BCUT2D eigenvalue weighted by Gasteiger charge is -2.30. The number of nitrogens with two attached hydrogens (primary N) is 1. The second kappa shape index (κ2) is 4.94. The van der Waals surface area contributed by atoms with Crippen molar-refractivity contribution >= 4 is 32.7 Å². The molecule has 0 aliphatic carbocycles. The lowest BCUT2D eigenvalue weighted by atomic mass is 10.1. The average Bonchev–Trinajstić information content (AvgIpc) is 2.80. The van der Waals surface area contributed by atoms with Crippen molar-refractivity contribution in [3.05, 3.63) is 28.4 Å². The molecule has 5 nitrogen and oxygen atoms in total. The monoisotopic (exact) mass is 322 g/mol. The van der Waals surface area contributed by atoms with Gasteiger partial charge in [0.05, 0.1) is 5.52 Å². The summed E-state index contributed by atoms with van der Waals surface area (Å²) in [5.41, 5.74) is 7.27. The number of fused-ring (bicyclic) bond motifs is 1. The normalized spacial score (nSPS) is 19.9. The molecule has 1 saturated heterocycles. The van der Waals surface area contributed by atoms with E-state index >= 15 is 0 Å². The Kier molecular flexibility index (Phi) is 3.28. The summed E-state index contributed by atoms with van der Waals surface area (Å²) in [7, 11) is 0. The maximum atomic E-state index is 12.5. The van der Waals surface area contributed by atoms with Crippen LogP contribution in [0.5, 0.6) is 0 Å². The highest BCUT2D eigenvalue weighted by molar-refractivity contribution is 9.10. The third-order valence-electron chi connectivity index (χ3n) is 3.47. The van der Waals surface area contributed by atoms with Gasteiger partial charge in [0.2, 0.25) is 0 Å². The standard InChI is InChI=1S/C13H15BrN4O/c14-8-3-4-11-10(6-8)12(17-16-11)13(19)18-5-1-2-9(15)7-18/h3-4,6,9H,1-2,5,7,15H2,(H,16,17). The van der Waals surface area contributed by atoms with Crippen molar-refractivity contribution < 1.29 is 4.79 Å². The predicted octanol–water partition coefficient (Wildman–Crippen LogP) is 1.89. The van der Waals surface area contributed by atoms with Crippen LogP contribution in [-0.2, 0) is 0 Å². The van der Waals surface area contributed by atoms with Crippen molar-refractivity contribution in [2.75, 3.05) is 13.1 Å². The number of H-pyrrole nitrogens is 1. The van der Waals surface area contributed by atoms with E-state index in [1.807, 2.05) is 18.2 Å². The molecule has 2 aromatic rings. The van der Waals surface area contributed by atoms with Gasteiger partial charge >= 0.3 is 0 Å². The van der Waals surface area contributed by atoms with E-state index < -0.39 is 0 Å². The summed E-state index contributed by atoms with van der Waals surface area (Å²) >= 11 is 3.42. The molecule has 1 aromatic carbocycles. The molecule has 0 saturated carbocycles. The van der Waals surface area contributed by atoms with Crippen molar-refractivity contribution in [3.8, 4) is 0 Å². The summed E-state index contributed by atoms with van der Waals surface area (Å²) in [6.45, 7) is 1.37. The zero-order valence-corrected chi connectivity index (χ0v) is 12.0. The van der Waals surface area contributed by atoms with Crippen molar-refractivity contribution in [1.82, 2.24) is 15.1 Å². The van der Waals surface area contributed by atoms with Gasteiger partial charge in [0.1, 0.15) is 0 Å². The number of halogens is 1. The fraction of sp³-hybridized carbons (Fsp3) is 0.385. The molecule has 1 amide bonds. The first-order chi connectivity index (χ1) is 9.15. The van der Waals surface area contributed by atoms with Crippen LogP contribution in [0.2, 0.25) is 0 Å². The molecule has 100 valence electrons. The van der Waals surface area contributed by atoms with Gasteiger partial charge in [-0.15, -0.1) is 0 Å². The summed E-state index contributed by atoms with van der Waals surface area (Å²) < 4.78 is 0.936. The topological polar surface area (TPSA) is 75.0 Å². The van der Waals surface area contributed by atoms with E-state index in [1.165, 1.54) is 0 Å². The fourth-order valence-corrected chi connectivity index (χ4v) is 2.85. The third kappa shape index (κ3) is 2.37. The molecule has 1 atom stereocenters. The number of rotatable bonds is 1. The van der Waals surface area contributed by atoms with Gasteiger partial charge in [-0.2, -0.15) is 5.10 Å². The zero-order valence-electron chi connectivity index (χ0n) is 10.4. The Hall–Kier alpha value is -1.40. The number of nitrogens with zero attached hydrogens (tertiary/aromatic N) is 2. The van der Waals surface area contributed by atoms with E-state index in [0.29, 0.717) is 12.2 Å². The molecule has 1 aliphatic rings. The molecule has 3 N–H and O–H groups in total. The van der Waals surface area contributed by atoms with E-state index in [9.17, 15) is 4.79 Å². The molecule has 1 aromatic heterocycles. The summed E-state index contributed by atoms with van der Waals surface area (Å²) in [5.74, 6) is -0.0421. The maximum absolute atomic E-state index is 12.5. The van der Waals surface area contributed by atoms with Crippen molar-refractivity contribution in [2.45, 2.75) is 18.9 Å². The summed E-state index contributed by atoms with van der Waals surface area (Å²) in [6, 6.07) is 5.82. The average molecular weight is 323 g/mol. The Morgan fingerprint density at radius 1 is 1.53 bits per heavy atom. The van der Waals surface area contributed by atoms with Gasteiger partial charge in [-0.05, 0) is 31.0 Å².